The molecule has 0 unspecified atom stereocenters. The van der Waals surface area contributed by atoms with Crippen molar-refractivity contribution in [2.45, 2.75) is 46.0 Å². The molecular weight excluding hydrogens is 420 g/mol. The van der Waals surface area contributed by atoms with Gasteiger partial charge in [-0.05, 0) is 54.5 Å². The van der Waals surface area contributed by atoms with E-state index >= 15 is 0 Å². The summed E-state index contributed by atoms with van der Waals surface area (Å²) in [4.78, 5) is 24.5. The lowest BCUT2D eigenvalue weighted by Crippen LogP contribution is -2.28. The second kappa shape index (κ2) is 13.8. The number of ether oxygens (including phenoxy) is 3. The first kappa shape index (κ1) is 25.8. The number of carbonyl (C=O) groups is 2. The molecule has 0 fully saturated rings. The van der Waals surface area contributed by atoms with Gasteiger partial charge in [0.1, 0.15) is 11.4 Å². The molecule has 0 atom stereocenters. The van der Waals surface area contributed by atoms with E-state index < -0.39 is 5.91 Å². The average molecular weight is 455 g/mol. The monoisotopic (exact) mass is 454 g/mol. The van der Waals surface area contributed by atoms with E-state index in [1.165, 1.54) is 39.7 Å². The van der Waals surface area contributed by atoms with Gasteiger partial charge in [0.15, 0.2) is 11.5 Å². The Morgan fingerprint density at radius 2 is 1.61 bits per heavy atom. The molecule has 2 N–H and O–H groups in total. The van der Waals surface area contributed by atoms with Gasteiger partial charge in [0, 0.05) is 12.6 Å². The van der Waals surface area contributed by atoms with Crippen LogP contribution in [0.1, 0.15) is 51.5 Å². The number of unbranched alkanes of at least 4 members (excludes halogenated alkanes) is 4. The minimum Gasteiger partial charge on any atom is -0.494 e. The third-order valence-electron chi connectivity index (χ3n) is 4.90. The van der Waals surface area contributed by atoms with Crippen LogP contribution in [-0.4, -0.2) is 32.6 Å². The predicted molar refractivity (Wildman–Crippen MR) is 131 cm³/mol. The van der Waals surface area contributed by atoms with Gasteiger partial charge >= 0.3 is 0 Å². The first-order valence-corrected chi connectivity index (χ1v) is 11.2. The number of benzene rings is 2. The Morgan fingerprint density at radius 1 is 0.909 bits per heavy atom. The van der Waals surface area contributed by atoms with E-state index in [1.807, 2.05) is 12.1 Å². The normalized spacial score (nSPS) is 11.0. The van der Waals surface area contributed by atoms with Crippen molar-refractivity contribution < 1.29 is 23.8 Å². The molecule has 178 valence electrons. The second-order valence-corrected chi connectivity index (χ2v) is 7.59. The number of hydrogen-bond donors (Lipinski definition) is 2. The quantitative estimate of drug-likeness (QED) is 0.322. The fourth-order valence-electron chi connectivity index (χ4n) is 3.19. The molecule has 0 aromatic heterocycles. The molecule has 0 heterocycles. The summed E-state index contributed by atoms with van der Waals surface area (Å²) in [6.45, 7) is 4.22. The Kier molecular flexibility index (Phi) is 10.8. The van der Waals surface area contributed by atoms with Crippen LogP contribution in [0.2, 0.25) is 0 Å². The molecule has 0 aliphatic heterocycles. The zero-order valence-electron chi connectivity index (χ0n) is 19.9. The lowest BCUT2D eigenvalue weighted by atomic mass is 10.1. The molecule has 0 bridgehead atoms. The lowest BCUT2D eigenvalue weighted by Gasteiger charge is -2.12. The smallest absolute Gasteiger partial charge is 0.272 e. The van der Waals surface area contributed by atoms with Crippen LogP contribution in [-0.2, 0) is 9.59 Å². The number of hydrogen-bond acceptors (Lipinski definition) is 5. The summed E-state index contributed by atoms with van der Waals surface area (Å²) in [5.41, 5.74) is 1.38. The van der Waals surface area contributed by atoms with Gasteiger partial charge in [0.2, 0.25) is 5.91 Å². The highest BCUT2D eigenvalue weighted by molar-refractivity contribution is 6.08. The van der Waals surface area contributed by atoms with E-state index in [-0.39, 0.29) is 11.6 Å². The molecule has 2 rings (SSSR count). The van der Waals surface area contributed by atoms with Gasteiger partial charge in [-0.2, -0.15) is 0 Å². The highest BCUT2D eigenvalue weighted by Crippen LogP contribution is 2.28. The Bertz CT molecular complexity index is 938. The van der Waals surface area contributed by atoms with Gasteiger partial charge in [0.05, 0.1) is 20.8 Å². The fourth-order valence-corrected chi connectivity index (χ4v) is 3.19. The van der Waals surface area contributed by atoms with E-state index in [9.17, 15) is 9.59 Å². The van der Waals surface area contributed by atoms with Crippen molar-refractivity contribution >= 4 is 23.6 Å². The Morgan fingerprint density at radius 3 is 2.24 bits per heavy atom. The predicted octanol–water partition coefficient (Wildman–Crippen LogP) is 5.17. The van der Waals surface area contributed by atoms with E-state index in [4.69, 9.17) is 14.2 Å². The number of methoxy groups -OCH3 is 2. The summed E-state index contributed by atoms with van der Waals surface area (Å²) < 4.78 is 16.3. The molecule has 7 heteroatoms. The van der Waals surface area contributed by atoms with Crippen LogP contribution in [0.15, 0.2) is 48.2 Å². The third kappa shape index (κ3) is 8.88. The van der Waals surface area contributed by atoms with Crippen molar-refractivity contribution in [1.29, 1.82) is 0 Å². The number of rotatable bonds is 13. The molecule has 0 aliphatic rings. The molecular formula is C26H34N2O5. The van der Waals surface area contributed by atoms with Crippen LogP contribution in [0.5, 0.6) is 17.2 Å². The van der Waals surface area contributed by atoms with Crippen LogP contribution in [0, 0.1) is 0 Å². The van der Waals surface area contributed by atoms with Crippen LogP contribution in [0.25, 0.3) is 6.08 Å². The molecule has 0 spiro atoms. The minimum atomic E-state index is -0.440. The highest BCUT2D eigenvalue weighted by atomic mass is 16.5. The fraction of sp³-hybridized carbons (Fsp3) is 0.385. The summed E-state index contributed by atoms with van der Waals surface area (Å²) in [5, 5.41) is 5.39. The molecule has 2 amide bonds. The van der Waals surface area contributed by atoms with Crippen LogP contribution < -0.4 is 24.8 Å². The summed E-state index contributed by atoms with van der Waals surface area (Å²) in [6.07, 6.45) is 7.49. The van der Waals surface area contributed by atoms with Crippen molar-refractivity contribution in [2.24, 2.45) is 0 Å². The zero-order chi connectivity index (χ0) is 24.1. The van der Waals surface area contributed by atoms with Gasteiger partial charge < -0.3 is 24.8 Å². The van der Waals surface area contributed by atoms with Crippen molar-refractivity contribution in [1.82, 2.24) is 5.32 Å². The van der Waals surface area contributed by atoms with E-state index in [0.29, 0.717) is 29.4 Å². The molecule has 2 aromatic carbocycles. The van der Waals surface area contributed by atoms with Gasteiger partial charge in [-0.15, -0.1) is 0 Å². The summed E-state index contributed by atoms with van der Waals surface area (Å²) in [5.74, 6) is 1.06. The summed E-state index contributed by atoms with van der Waals surface area (Å²) in [6, 6.07) is 12.4. The standard InChI is InChI=1S/C26H34N2O5/c1-5-6-7-8-9-16-33-22-13-11-21(12-14-22)28-26(30)23(27-19(2)29)17-20-10-15-24(31-3)25(18-20)32-4/h10-15,17-18H,5-9,16H2,1-4H3,(H,27,29)(H,28,30). The van der Waals surface area contributed by atoms with Crippen molar-refractivity contribution in [3.8, 4) is 17.2 Å². The maximum Gasteiger partial charge on any atom is 0.272 e. The van der Waals surface area contributed by atoms with Gasteiger partial charge in [0.25, 0.3) is 5.91 Å². The summed E-state index contributed by atoms with van der Waals surface area (Å²) >= 11 is 0. The Balaban J connectivity index is 2.03. The van der Waals surface area contributed by atoms with E-state index in [0.717, 1.165) is 12.2 Å². The Labute approximate surface area is 196 Å². The largest absolute Gasteiger partial charge is 0.494 e. The molecule has 0 radical (unpaired) electrons. The molecule has 2 aromatic rings. The lowest BCUT2D eigenvalue weighted by molar-refractivity contribution is -0.120. The van der Waals surface area contributed by atoms with Crippen LogP contribution in [0.4, 0.5) is 5.69 Å². The van der Waals surface area contributed by atoms with E-state index in [2.05, 4.69) is 17.6 Å². The maximum absolute atomic E-state index is 12.8. The SMILES string of the molecule is CCCCCCCOc1ccc(NC(=O)C(=Cc2ccc(OC)c(OC)c2)NC(C)=O)cc1. The van der Waals surface area contributed by atoms with Crippen molar-refractivity contribution in [3.63, 3.8) is 0 Å². The van der Waals surface area contributed by atoms with Gasteiger partial charge in [-0.3, -0.25) is 9.59 Å². The average Bonchev–Trinajstić information content (AvgIpc) is 2.81. The second-order valence-electron chi connectivity index (χ2n) is 7.59. The number of amides is 2. The third-order valence-corrected chi connectivity index (χ3v) is 4.90. The zero-order valence-corrected chi connectivity index (χ0v) is 19.9. The number of carbonyl (C=O) groups excluding carboxylic acids is 2. The van der Waals surface area contributed by atoms with E-state index in [1.54, 1.807) is 43.5 Å². The molecule has 0 aliphatic carbocycles. The van der Waals surface area contributed by atoms with Crippen LogP contribution >= 0.6 is 0 Å². The summed E-state index contributed by atoms with van der Waals surface area (Å²) in [7, 11) is 3.08. The Hall–Kier alpha value is -3.48. The minimum absolute atomic E-state index is 0.113. The van der Waals surface area contributed by atoms with Gasteiger partial charge in [-0.25, -0.2) is 0 Å². The molecule has 7 nitrogen and oxygen atoms in total. The molecule has 33 heavy (non-hydrogen) atoms. The number of anilines is 1. The molecule has 0 saturated carbocycles. The first-order valence-electron chi connectivity index (χ1n) is 11.2. The van der Waals surface area contributed by atoms with Crippen molar-refractivity contribution in [2.75, 3.05) is 26.1 Å². The highest BCUT2D eigenvalue weighted by Gasteiger charge is 2.13. The molecule has 0 saturated heterocycles. The topological polar surface area (TPSA) is 85.9 Å². The van der Waals surface area contributed by atoms with Gasteiger partial charge in [-0.1, -0.05) is 38.7 Å². The van der Waals surface area contributed by atoms with Crippen LogP contribution in [0.3, 0.4) is 0 Å². The number of nitrogens with one attached hydrogen (secondary N) is 2. The maximum atomic E-state index is 12.8. The van der Waals surface area contributed by atoms with Crippen molar-refractivity contribution in [3.05, 3.63) is 53.7 Å². The first-order chi connectivity index (χ1) is 16.0.